The van der Waals surface area contributed by atoms with Crippen molar-refractivity contribution in [3.63, 3.8) is 0 Å². The van der Waals surface area contributed by atoms with Gasteiger partial charge in [0.15, 0.2) is 5.60 Å². The maximum Gasteiger partial charge on any atom is 0.418 e. The van der Waals surface area contributed by atoms with Crippen LogP contribution in [0.1, 0.15) is 12.0 Å². The van der Waals surface area contributed by atoms with Crippen molar-refractivity contribution in [1.29, 1.82) is 0 Å². The monoisotopic (exact) mass is 290 g/mol. The predicted molar refractivity (Wildman–Crippen MR) is 65.7 cm³/mol. The van der Waals surface area contributed by atoms with Gasteiger partial charge >= 0.3 is 6.18 Å². The van der Waals surface area contributed by atoms with Crippen molar-refractivity contribution < 1.29 is 23.2 Å². The van der Waals surface area contributed by atoms with Gasteiger partial charge in [0.1, 0.15) is 5.69 Å². The highest BCUT2D eigenvalue weighted by Gasteiger charge is 2.57. The molecule has 1 fully saturated rings. The van der Waals surface area contributed by atoms with E-state index >= 15 is 0 Å². The summed E-state index contributed by atoms with van der Waals surface area (Å²) in [4.78, 5) is 11.6. The summed E-state index contributed by atoms with van der Waals surface area (Å²) in [7, 11) is 0. The fraction of sp³-hybridized carbons (Fsp3) is 0.500. The van der Waals surface area contributed by atoms with Gasteiger partial charge in [-0.25, -0.2) is 0 Å². The molecule has 0 aliphatic carbocycles. The van der Waals surface area contributed by atoms with Crippen LogP contribution in [0.25, 0.3) is 0 Å². The van der Waals surface area contributed by atoms with Crippen molar-refractivity contribution in [3.05, 3.63) is 33.9 Å². The molecule has 110 valence electrons. The summed E-state index contributed by atoms with van der Waals surface area (Å²) in [6.07, 6.45) is -5.25. The molecule has 0 amide bonds. The molecule has 2 rings (SSSR count). The Balaban J connectivity index is 2.34. The minimum atomic E-state index is -4.75. The van der Waals surface area contributed by atoms with Crippen LogP contribution < -0.4 is 4.90 Å². The number of hydrogen-bond acceptors (Lipinski definition) is 4. The zero-order valence-corrected chi connectivity index (χ0v) is 10.6. The lowest BCUT2D eigenvalue weighted by atomic mass is 10.0. The number of alkyl halides is 3. The van der Waals surface area contributed by atoms with E-state index in [0.717, 1.165) is 0 Å². The van der Waals surface area contributed by atoms with Crippen molar-refractivity contribution in [3.8, 4) is 0 Å². The lowest BCUT2D eigenvalue weighted by Gasteiger charge is -2.26. The quantitative estimate of drug-likeness (QED) is 0.671. The van der Waals surface area contributed by atoms with Gasteiger partial charge in [-0.2, -0.15) is 13.2 Å². The van der Waals surface area contributed by atoms with Crippen molar-refractivity contribution in [2.24, 2.45) is 0 Å². The Bertz CT molecular complexity index is 547. The van der Waals surface area contributed by atoms with E-state index in [9.17, 15) is 28.4 Å². The summed E-state index contributed by atoms with van der Waals surface area (Å²) in [5, 5.41) is 20.6. The van der Waals surface area contributed by atoms with Gasteiger partial charge in [-0.15, -0.1) is 0 Å². The maximum absolute atomic E-state index is 12.7. The van der Waals surface area contributed by atoms with Gasteiger partial charge < -0.3 is 10.0 Å². The van der Waals surface area contributed by atoms with E-state index in [-0.39, 0.29) is 17.9 Å². The van der Waals surface area contributed by atoms with Crippen molar-refractivity contribution in [1.82, 2.24) is 0 Å². The first-order valence-electron chi connectivity index (χ1n) is 5.93. The molecule has 0 bridgehead atoms. The minimum Gasteiger partial charge on any atom is -0.379 e. The smallest absolute Gasteiger partial charge is 0.379 e. The summed E-state index contributed by atoms with van der Waals surface area (Å²) >= 11 is 0. The number of nitro groups is 1. The second kappa shape index (κ2) is 4.62. The molecule has 1 unspecified atom stereocenters. The summed E-state index contributed by atoms with van der Waals surface area (Å²) in [6.45, 7) is 0.882. The van der Waals surface area contributed by atoms with E-state index in [4.69, 9.17) is 0 Å². The Hall–Kier alpha value is -1.83. The highest BCUT2D eigenvalue weighted by molar-refractivity contribution is 5.65. The van der Waals surface area contributed by atoms with E-state index in [1.165, 1.54) is 17.0 Å². The molecule has 1 aromatic rings. The molecule has 1 saturated heterocycles. The zero-order valence-electron chi connectivity index (χ0n) is 10.6. The minimum absolute atomic E-state index is 0.0834. The molecule has 1 aliphatic rings. The fourth-order valence-electron chi connectivity index (χ4n) is 2.28. The number of aliphatic hydroxyl groups is 1. The average molecular weight is 290 g/mol. The van der Waals surface area contributed by atoms with Gasteiger partial charge in [-0.05, 0) is 18.6 Å². The highest BCUT2D eigenvalue weighted by atomic mass is 19.4. The van der Waals surface area contributed by atoms with E-state index < -0.39 is 29.7 Å². The first kappa shape index (κ1) is 14.6. The van der Waals surface area contributed by atoms with Crippen LogP contribution >= 0.6 is 0 Å². The van der Waals surface area contributed by atoms with Gasteiger partial charge in [0.2, 0.25) is 0 Å². The molecule has 8 heteroatoms. The molecule has 1 aliphatic heterocycles. The molecular weight excluding hydrogens is 277 g/mol. The lowest BCUT2D eigenvalue weighted by Crippen LogP contribution is -2.47. The van der Waals surface area contributed by atoms with Gasteiger partial charge in [0.25, 0.3) is 5.69 Å². The number of benzene rings is 1. The van der Waals surface area contributed by atoms with Crippen LogP contribution in [-0.4, -0.2) is 34.9 Å². The van der Waals surface area contributed by atoms with E-state index in [1.807, 2.05) is 0 Å². The van der Waals surface area contributed by atoms with Gasteiger partial charge in [0.05, 0.1) is 11.5 Å². The summed E-state index contributed by atoms with van der Waals surface area (Å²) in [6, 6.07) is 4.31. The first-order chi connectivity index (χ1) is 9.14. The molecule has 1 aromatic carbocycles. The van der Waals surface area contributed by atoms with Crippen LogP contribution in [-0.2, 0) is 0 Å². The lowest BCUT2D eigenvalue weighted by molar-refractivity contribution is -0.384. The number of β-amino-alcohol motifs (C(OH)–C–C–N with tert-alkyl or cyclic N) is 1. The third-order valence-corrected chi connectivity index (χ3v) is 3.44. The molecule has 0 saturated carbocycles. The molecule has 1 N–H and O–H groups in total. The maximum atomic E-state index is 12.7. The highest BCUT2D eigenvalue weighted by Crippen LogP contribution is 2.41. The van der Waals surface area contributed by atoms with Crippen LogP contribution in [0.4, 0.5) is 24.5 Å². The van der Waals surface area contributed by atoms with E-state index in [1.54, 1.807) is 13.0 Å². The molecule has 5 nitrogen and oxygen atoms in total. The number of aryl methyl sites for hydroxylation is 1. The van der Waals surface area contributed by atoms with E-state index in [2.05, 4.69) is 0 Å². The summed E-state index contributed by atoms with van der Waals surface area (Å²) in [5.41, 5.74) is -2.32. The third-order valence-electron chi connectivity index (χ3n) is 3.44. The van der Waals surface area contributed by atoms with Crippen LogP contribution in [0.15, 0.2) is 18.2 Å². The van der Waals surface area contributed by atoms with Crippen molar-refractivity contribution >= 4 is 11.4 Å². The van der Waals surface area contributed by atoms with Crippen LogP contribution in [0.2, 0.25) is 0 Å². The van der Waals surface area contributed by atoms with E-state index in [0.29, 0.717) is 5.56 Å². The molecule has 1 heterocycles. The molecule has 0 aromatic heterocycles. The predicted octanol–water partition coefficient (Wildman–Crippen LogP) is 2.41. The SMILES string of the molecule is Cc1ccc(N2CCC(O)(C(F)(F)F)C2)c([N+](=O)[O-])c1. The first-order valence-corrected chi connectivity index (χ1v) is 5.93. The molecule has 20 heavy (non-hydrogen) atoms. The number of halogens is 3. The van der Waals surface area contributed by atoms with Gasteiger partial charge in [-0.3, -0.25) is 10.1 Å². The second-order valence-electron chi connectivity index (χ2n) is 4.95. The second-order valence-corrected chi connectivity index (χ2v) is 4.95. The van der Waals surface area contributed by atoms with Crippen molar-refractivity contribution in [2.75, 3.05) is 18.0 Å². The van der Waals surface area contributed by atoms with Gasteiger partial charge in [0, 0.05) is 19.0 Å². The average Bonchev–Trinajstić information content (AvgIpc) is 2.72. The normalized spacial score (nSPS) is 23.1. The van der Waals surface area contributed by atoms with Crippen molar-refractivity contribution in [2.45, 2.75) is 25.1 Å². The number of hydrogen-bond donors (Lipinski definition) is 1. The molecular formula is C12H13F3N2O3. The Labute approximate surface area is 112 Å². The van der Waals surface area contributed by atoms with Crippen LogP contribution in [0.5, 0.6) is 0 Å². The van der Waals surface area contributed by atoms with Gasteiger partial charge in [-0.1, -0.05) is 6.07 Å². The summed E-state index contributed by atoms with van der Waals surface area (Å²) in [5.74, 6) is 0. The Morgan fingerprint density at radius 1 is 1.45 bits per heavy atom. The topological polar surface area (TPSA) is 66.6 Å². The summed E-state index contributed by atoms with van der Waals surface area (Å²) < 4.78 is 38.2. The third kappa shape index (κ3) is 2.43. The number of nitro benzene ring substituents is 1. The largest absolute Gasteiger partial charge is 0.418 e. The zero-order chi connectivity index (χ0) is 15.1. The standard InChI is InChI=1S/C12H13F3N2O3/c1-8-2-3-9(10(6-8)17(19)20)16-5-4-11(18,7-16)12(13,14)15/h2-3,6,18H,4-5,7H2,1H3. The van der Waals surface area contributed by atoms with Crippen LogP contribution in [0.3, 0.4) is 0 Å². The molecule has 0 radical (unpaired) electrons. The Morgan fingerprint density at radius 3 is 2.60 bits per heavy atom. The number of anilines is 1. The Kier molecular flexibility index (Phi) is 3.37. The number of nitrogens with zero attached hydrogens (tertiary/aromatic N) is 2. The van der Waals surface area contributed by atoms with Crippen LogP contribution in [0, 0.1) is 17.0 Å². The molecule has 0 spiro atoms. The number of rotatable bonds is 2. The molecule has 1 atom stereocenters. The Morgan fingerprint density at radius 2 is 2.10 bits per heavy atom. The fourth-order valence-corrected chi connectivity index (χ4v) is 2.28.